The minimum atomic E-state index is -0.748. The molecule has 6 heteroatoms. The zero-order valence-electron chi connectivity index (χ0n) is 10.9. The van der Waals surface area contributed by atoms with Crippen LogP contribution in [0.3, 0.4) is 0 Å². The Morgan fingerprint density at radius 1 is 1.30 bits per heavy atom. The van der Waals surface area contributed by atoms with E-state index in [2.05, 4.69) is 0 Å². The van der Waals surface area contributed by atoms with Crippen LogP contribution in [0.4, 0.5) is 10.5 Å². The van der Waals surface area contributed by atoms with Gasteiger partial charge in [0.15, 0.2) is 5.76 Å². The second-order valence-corrected chi connectivity index (χ2v) is 5.16. The van der Waals surface area contributed by atoms with E-state index in [1.807, 2.05) is 6.92 Å². The van der Waals surface area contributed by atoms with E-state index in [-0.39, 0.29) is 16.5 Å². The van der Waals surface area contributed by atoms with Gasteiger partial charge in [-0.3, -0.25) is 4.79 Å². The van der Waals surface area contributed by atoms with E-state index in [4.69, 9.17) is 27.9 Å². The number of amides is 2. The fourth-order valence-corrected chi connectivity index (χ4v) is 2.31. The second-order valence-electron chi connectivity index (χ2n) is 4.31. The van der Waals surface area contributed by atoms with Crippen molar-refractivity contribution in [3.05, 3.63) is 40.1 Å². The third kappa shape index (κ3) is 2.97. The Hall–Kier alpha value is -1.52. The number of benzene rings is 1. The van der Waals surface area contributed by atoms with Crippen LogP contribution in [-0.2, 0) is 9.53 Å². The molecule has 2 amide bonds. The molecule has 0 unspecified atom stereocenters. The van der Waals surface area contributed by atoms with Crippen molar-refractivity contribution < 1.29 is 14.3 Å². The predicted molar refractivity (Wildman–Crippen MR) is 78.0 cm³/mol. The molecule has 0 bridgehead atoms. The molecular weight excluding hydrogens is 301 g/mol. The monoisotopic (exact) mass is 313 g/mol. The Morgan fingerprint density at radius 3 is 2.70 bits per heavy atom. The molecule has 0 aromatic heterocycles. The maximum Gasteiger partial charge on any atom is 0.427 e. The maximum atomic E-state index is 12.2. The van der Waals surface area contributed by atoms with Gasteiger partial charge in [0.25, 0.3) is 0 Å². The van der Waals surface area contributed by atoms with Gasteiger partial charge in [0, 0.05) is 5.02 Å². The molecule has 0 N–H and O–H groups in total. The van der Waals surface area contributed by atoms with Crippen molar-refractivity contribution in [2.24, 2.45) is 0 Å². The lowest BCUT2D eigenvalue weighted by Gasteiger charge is -2.12. The number of halogens is 2. The number of carbonyl (C=O) groups excluding carboxylic acids is 2. The summed E-state index contributed by atoms with van der Waals surface area (Å²) in [4.78, 5) is 24.9. The minimum Gasteiger partial charge on any atom is -0.404 e. The highest BCUT2D eigenvalue weighted by molar-refractivity contribution is 6.38. The molecule has 2 rings (SSSR count). The summed E-state index contributed by atoms with van der Waals surface area (Å²) in [5.74, 6) is -0.454. The number of cyclic esters (lactones) is 1. The van der Waals surface area contributed by atoms with E-state index in [0.717, 1.165) is 17.7 Å². The number of imide groups is 1. The van der Waals surface area contributed by atoms with Gasteiger partial charge in [0.05, 0.1) is 10.7 Å². The van der Waals surface area contributed by atoms with Crippen LogP contribution in [0.2, 0.25) is 10.0 Å². The van der Waals surface area contributed by atoms with E-state index in [9.17, 15) is 9.59 Å². The molecule has 1 aliphatic heterocycles. The fraction of sp³-hybridized carbons (Fsp3) is 0.286. The van der Waals surface area contributed by atoms with Gasteiger partial charge in [-0.1, -0.05) is 36.5 Å². The van der Waals surface area contributed by atoms with Crippen LogP contribution in [0.1, 0.15) is 26.2 Å². The molecule has 20 heavy (non-hydrogen) atoms. The van der Waals surface area contributed by atoms with Crippen molar-refractivity contribution in [3.8, 4) is 0 Å². The lowest BCUT2D eigenvalue weighted by Crippen LogP contribution is -2.28. The standard InChI is InChI=1S/C14H13Cl2NO3/c1-2-3-4-5-12-13(18)17(14(19)20-12)11-7-6-9(15)8-10(11)16/h5-8H,2-4H2,1H3/b12-5-. The number of rotatable bonds is 4. The predicted octanol–water partition coefficient (Wildman–Crippen LogP) is 4.55. The molecule has 0 saturated carbocycles. The van der Waals surface area contributed by atoms with Gasteiger partial charge in [0.1, 0.15) is 0 Å². The van der Waals surface area contributed by atoms with Gasteiger partial charge in [-0.05, 0) is 37.1 Å². The third-order valence-corrected chi connectivity index (χ3v) is 3.37. The first-order valence-electron chi connectivity index (χ1n) is 6.26. The molecular formula is C14H13Cl2NO3. The quantitative estimate of drug-likeness (QED) is 0.605. The second kappa shape index (κ2) is 6.29. The Morgan fingerprint density at radius 2 is 2.05 bits per heavy atom. The maximum absolute atomic E-state index is 12.2. The molecule has 1 fully saturated rings. The van der Waals surface area contributed by atoms with E-state index < -0.39 is 12.0 Å². The van der Waals surface area contributed by atoms with Crippen molar-refractivity contribution in [1.82, 2.24) is 0 Å². The lowest BCUT2D eigenvalue weighted by molar-refractivity contribution is -0.114. The number of anilines is 1. The number of ether oxygens (including phenoxy) is 1. The summed E-state index contributed by atoms with van der Waals surface area (Å²) in [7, 11) is 0. The molecule has 0 radical (unpaired) electrons. The zero-order valence-corrected chi connectivity index (χ0v) is 12.4. The number of carbonyl (C=O) groups is 2. The molecule has 0 atom stereocenters. The molecule has 1 saturated heterocycles. The topological polar surface area (TPSA) is 46.6 Å². The first-order valence-corrected chi connectivity index (χ1v) is 7.01. The molecule has 1 aromatic rings. The summed E-state index contributed by atoms with van der Waals surface area (Å²) >= 11 is 11.8. The van der Waals surface area contributed by atoms with Crippen LogP contribution in [0.25, 0.3) is 0 Å². The average molecular weight is 314 g/mol. The highest BCUT2D eigenvalue weighted by Crippen LogP contribution is 2.33. The molecule has 0 aliphatic carbocycles. The fourth-order valence-electron chi connectivity index (χ4n) is 1.81. The van der Waals surface area contributed by atoms with Crippen molar-refractivity contribution in [2.45, 2.75) is 26.2 Å². The van der Waals surface area contributed by atoms with E-state index in [1.165, 1.54) is 12.1 Å². The Balaban J connectivity index is 2.27. The molecule has 106 valence electrons. The van der Waals surface area contributed by atoms with Gasteiger partial charge >= 0.3 is 12.0 Å². The largest absolute Gasteiger partial charge is 0.427 e. The van der Waals surface area contributed by atoms with Crippen LogP contribution in [-0.4, -0.2) is 12.0 Å². The third-order valence-electron chi connectivity index (χ3n) is 2.83. The number of hydrogen-bond acceptors (Lipinski definition) is 3. The first-order chi connectivity index (χ1) is 9.54. The van der Waals surface area contributed by atoms with Crippen LogP contribution >= 0.6 is 23.2 Å². The van der Waals surface area contributed by atoms with Gasteiger partial charge in [-0.25, -0.2) is 9.69 Å². The van der Waals surface area contributed by atoms with Crippen LogP contribution in [0, 0.1) is 0 Å². The SMILES string of the molecule is CCCC/C=C1\OC(=O)N(c2ccc(Cl)cc2Cl)C1=O. The zero-order chi connectivity index (χ0) is 14.7. The Kier molecular flexibility index (Phi) is 4.68. The number of allylic oxidation sites excluding steroid dienone is 1. The number of unbranched alkanes of at least 4 members (excludes halogenated alkanes) is 2. The Labute approximate surface area is 126 Å². The molecule has 1 aliphatic rings. The summed E-state index contributed by atoms with van der Waals surface area (Å²) in [6, 6.07) is 4.54. The van der Waals surface area contributed by atoms with E-state index in [1.54, 1.807) is 12.1 Å². The highest BCUT2D eigenvalue weighted by Gasteiger charge is 2.38. The van der Waals surface area contributed by atoms with Crippen molar-refractivity contribution >= 4 is 40.9 Å². The van der Waals surface area contributed by atoms with Gasteiger partial charge in [0.2, 0.25) is 0 Å². The van der Waals surface area contributed by atoms with E-state index >= 15 is 0 Å². The van der Waals surface area contributed by atoms with E-state index in [0.29, 0.717) is 11.4 Å². The van der Waals surface area contributed by atoms with Gasteiger partial charge < -0.3 is 4.74 Å². The normalized spacial score (nSPS) is 16.9. The lowest BCUT2D eigenvalue weighted by atomic mass is 10.2. The Bertz CT molecular complexity index is 584. The molecule has 0 spiro atoms. The summed E-state index contributed by atoms with van der Waals surface area (Å²) in [5.41, 5.74) is 0.268. The minimum absolute atomic E-state index is 0.0504. The first kappa shape index (κ1) is 14.9. The summed E-state index contributed by atoms with van der Waals surface area (Å²) < 4.78 is 4.98. The molecule has 1 heterocycles. The summed E-state index contributed by atoms with van der Waals surface area (Å²) in [6.07, 6.45) is 3.50. The van der Waals surface area contributed by atoms with Crippen molar-refractivity contribution in [2.75, 3.05) is 4.90 Å². The molecule has 4 nitrogen and oxygen atoms in total. The van der Waals surface area contributed by atoms with Crippen LogP contribution in [0.15, 0.2) is 30.0 Å². The molecule has 1 aromatic carbocycles. The average Bonchev–Trinajstić information content (AvgIpc) is 2.66. The number of nitrogens with zero attached hydrogens (tertiary/aromatic N) is 1. The summed E-state index contributed by atoms with van der Waals surface area (Å²) in [6.45, 7) is 2.04. The van der Waals surface area contributed by atoms with Crippen LogP contribution in [0.5, 0.6) is 0 Å². The summed E-state index contributed by atoms with van der Waals surface area (Å²) in [5, 5.41) is 0.648. The smallest absolute Gasteiger partial charge is 0.404 e. The highest BCUT2D eigenvalue weighted by atomic mass is 35.5. The number of hydrogen-bond donors (Lipinski definition) is 0. The van der Waals surface area contributed by atoms with Crippen molar-refractivity contribution in [3.63, 3.8) is 0 Å². The van der Waals surface area contributed by atoms with Crippen molar-refractivity contribution in [1.29, 1.82) is 0 Å². The van der Waals surface area contributed by atoms with Gasteiger partial charge in [-0.2, -0.15) is 0 Å². The van der Waals surface area contributed by atoms with Gasteiger partial charge in [-0.15, -0.1) is 0 Å². The van der Waals surface area contributed by atoms with Crippen LogP contribution < -0.4 is 4.90 Å².